The van der Waals surface area contributed by atoms with Crippen molar-refractivity contribution in [1.82, 2.24) is 4.98 Å². The average molecular weight is 413 g/mol. The molecule has 25 heavy (non-hydrogen) atoms. The van der Waals surface area contributed by atoms with Crippen molar-refractivity contribution >= 4 is 63.4 Å². The van der Waals surface area contributed by atoms with Gasteiger partial charge in [0.25, 0.3) is 5.91 Å². The highest BCUT2D eigenvalue weighted by Gasteiger charge is 2.12. The standard InChI is InChI=1S/C17H12Cl3N3OS/c18-12-6-13(19)15(23-16(24)10-4-2-1-3-5-10)7-14(12)21-8-11-9-22-17(20)25-11/h1-7,9,21H,8H2,(H,23,24). The van der Waals surface area contributed by atoms with Gasteiger partial charge in [-0.25, -0.2) is 4.98 Å². The van der Waals surface area contributed by atoms with E-state index >= 15 is 0 Å². The van der Waals surface area contributed by atoms with Gasteiger partial charge in [0, 0.05) is 16.6 Å². The van der Waals surface area contributed by atoms with Crippen LogP contribution in [0.25, 0.3) is 0 Å². The lowest BCUT2D eigenvalue weighted by atomic mass is 10.2. The predicted octanol–water partition coefficient (Wildman–Crippen LogP) is 5.97. The summed E-state index contributed by atoms with van der Waals surface area (Å²) >= 11 is 19.6. The van der Waals surface area contributed by atoms with E-state index in [1.807, 2.05) is 6.07 Å². The molecule has 8 heteroatoms. The van der Waals surface area contributed by atoms with E-state index in [0.717, 1.165) is 4.88 Å². The number of anilines is 2. The summed E-state index contributed by atoms with van der Waals surface area (Å²) in [7, 11) is 0. The normalized spacial score (nSPS) is 10.5. The van der Waals surface area contributed by atoms with Crippen molar-refractivity contribution in [3.05, 3.63) is 73.6 Å². The van der Waals surface area contributed by atoms with Gasteiger partial charge in [-0.3, -0.25) is 4.79 Å². The molecular weight excluding hydrogens is 401 g/mol. The van der Waals surface area contributed by atoms with Crippen molar-refractivity contribution in [3.63, 3.8) is 0 Å². The first-order valence-electron chi connectivity index (χ1n) is 7.22. The summed E-state index contributed by atoms with van der Waals surface area (Å²) < 4.78 is 0.481. The van der Waals surface area contributed by atoms with Crippen LogP contribution in [0.15, 0.2) is 48.7 Å². The Morgan fingerprint density at radius 3 is 2.44 bits per heavy atom. The molecule has 0 aliphatic heterocycles. The summed E-state index contributed by atoms with van der Waals surface area (Å²) in [5.41, 5.74) is 1.67. The summed E-state index contributed by atoms with van der Waals surface area (Å²) in [6.07, 6.45) is 1.70. The number of carbonyl (C=O) groups excluding carboxylic acids is 1. The Hall–Kier alpha value is -1.79. The maximum atomic E-state index is 12.3. The van der Waals surface area contributed by atoms with Gasteiger partial charge in [0.2, 0.25) is 0 Å². The van der Waals surface area contributed by atoms with Crippen molar-refractivity contribution in [3.8, 4) is 0 Å². The molecule has 0 aliphatic rings. The van der Waals surface area contributed by atoms with Crippen LogP contribution in [0.4, 0.5) is 11.4 Å². The molecule has 4 nitrogen and oxygen atoms in total. The Morgan fingerprint density at radius 2 is 1.76 bits per heavy atom. The zero-order valence-electron chi connectivity index (χ0n) is 12.7. The molecule has 0 fully saturated rings. The molecule has 0 aliphatic carbocycles. The minimum absolute atomic E-state index is 0.245. The van der Waals surface area contributed by atoms with Crippen LogP contribution in [-0.2, 0) is 6.54 Å². The summed E-state index contributed by atoms with van der Waals surface area (Å²) in [4.78, 5) is 17.3. The molecule has 0 spiro atoms. The number of benzene rings is 2. The Morgan fingerprint density at radius 1 is 1.04 bits per heavy atom. The van der Waals surface area contributed by atoms with Crippen molar-refractivity contribution in [2.24, 2.45) is 0 Å². The summed E-state index contributed by atoms with van der Waals surface area (Å²) in [6, 6.07) is 12.2. The lowest BCUT2D eigenvalue weighted by molar-refractivity contribution is 0.102. The number of hydrogen-bond donors (Lipinski definition) is 2. The minimum atomic E-state index is -0.245. The molecule has 0 saturated carbocycles. The zero-order chi connectivity index (χ0) is 17.8. The van der Waals surface area contributed by atoms with Crippen LogP contribution in [0.2, 0.25) is 14.5 Å². The maximum absolute atomic E-state index is 12.3. The molecular formula is C17H12Cl3N3OS. The molecule has 0 saturated heterocycles. The SMILES string of the molecule is O=C(Nc1cc(NCc2cnc(Cl)s2)c(Cl)cc1Cl)c1ccccc1. The monoisotopic (exact) mass is 411 g/mol. The molecule has 0 radical (unpaired) electrons. The second-order valence-corrected chi connectivity index (χ2v) is 7.58. The van der Waals surface area contributed by atoms with Crippen molar-refractivity contribution < 1.29 is 4.79 Å². The third-order valence-corrected chi connectivity index (χ3v) is 5.06. The molecule has 1 heterocycles. The molecule has 0 atom stereocenters. The third kappa shape index (κ3) is 4.64. The fourth-order valence-electron chi connectivity index (χ4n) is 2.11. The van der Waals surface area contributed by atoms with Crippen LogP contribution < -0.4 is 10.6 Å². The largest absolute Gasteiger partial charge is 0.379 e. The number of thiazole rings is 1. The van der Waals surface area contributed by atoms with Gasteiger partial charge < -0.3 is 10.6 Å². The molecule has 2 N–H and O–H groups in total. The lowest BCUT2D eigenvalue weighted by Gasteiger charge is -2.13. The molecule has 0 bridgehead atoms. The van der Waals surface area contributed by atoms with Gasteiger partial charge in [0.1, 0.15) is 0 Å². The number of carbonyl (C=O) groups is 1. The van der Waals surface area contributed by atoms with Gasteiger partial charge >= 0.3 is 0 Å². The smallest absolute Gasteiger partial charge is 0.255 e. The third-order valence-electron chi connectivity index (χ3n) is 3.32. The molecule has 128 valence electrons. The summed E-state index contributed by atoms with van der Waals surface area (Å²) in [6.45, 7) is 0.512. The molecule has 0 unspecified atom stereocenters. The van der Waals surface area contributed by atoms with E-state index in [4.69, 9.17) is 34.8 Å². The molecule has 3 rings (SSSR count). The minimum Gasteiger partial charge on any atom is -0.379 e. The Labute approximate surface area is 163 Å². The number of hydrogen-bond acceptors (Lipinski definition) is 4. The Kier molecular flexibility index (Phi) is 5.81. The highest BCUT2D eigenvalue weighted by molar-refractivity contribution is 7.15. The fraction of sp³-hybridized carbons (Fsp3) is 0.0588. The topological polar surface area (TPSA) is 54.0 Å². The Bertz CT molecular complexity index is 899. The number of amides is 1. The first kappa shape index (κ1) is 18.0. The van der Waals surface area contributed by atoms with Crippen LogP contribution in [-0.4, -0.2) is 10.9 Å². The summed E-state index contributed by atoms with van der Waals surface area (Å²) in [5, 5.41) is 6.81. The lowest BCUT2D eigenvalue weighted by Crippen LogP contribution is -2.12. The fourth-order valence-corrected chi connectivity index (χ4v) is 3.53. The van der Waals surface area contributed by atoms with Gasteiger partial charge in [-0.1, -0.05) is 53.0 Å². The maximum Gasteiger partial charge on any atom is 0.255 e. The average Bonchev–Trinajstić information content (AvgIpc) is 3.02. The molecule has 3 aromatic rings. The first-order valence-corrected chi connectivity index (χ1v) is 9.17. The van der Waals surface area contributed by atoms with Gasteiger partial charge in [-0.2, -0.15) is 0 Å². The number of nitrogens with zero attached hydrogens (tertiary/aromatic N) is 1. The van der Waals surface area contributed by atoms with E-state index < -0.39 is 0 Å². The van der Waals surface area contributed by atoms with E-state index in [9.17, 15) is 4.79 Å². The van der Waals surface area contributed by atoms with Crippen LogP contribution >= 0.6 is 46.1 Å². The second kappa shape index (κ2) is 8.06. The molecule has 1 amide bonds. The van der Waals surface area contributed by atoms with Crippen LogP contribution in [0.1, 0.15) is 15.2 Å². The number of aromatic nitrogens is 1. The van der Waals surface area contributed by atoms with Crippen molar-refractivity contribution in [2.45, 2.75) is 6.54 Å². The quantitative estimate of drug-likeness (QED) is 0.543. The van der Waals surface area contributed by atoms with Crippen molar-refractivity contribution in [2.75, 3.05) is 10.6 Å². The second-order valence-electron chi connectivity index (χ2n) is 5.07. The van der Waals surface area contributed by atoms with Gasteiger partial charge in [0.05, 0.1) is 28.0 Å². The number of halogens is 3. The van der Waals surface area contributed by atoms with E-state index in [1.54, 1.807) is 42.6 Å². The van der Waals surface area contributed by atoms with Crippen LogP contribution in [0, 0.1) is 0 Å². The highest BCUT2D eigenvalue weighted by atomic mass is 35.5. The van der Waals surface area contributed by atoms with E-state index in [-0.39, 0.29) is 5.91 Å². The predicted molar refractivity (Wildman–Crippen MR) is 105 cm³/mol. The van der Waals surface area contributed by atoms with E-state index in [0.29, 0.717) is 38.0 Å². The van der Waals surface area contributed by atoms with E-state index in [2.05, 4.69) is 15.6 Å². The Balaban J connectivity index is 1.77. The van der Waals surface area contributed by atoms with Crippen molar-refractivity contribution in [1.29, 1.82) is 0 Å². The summed E-state index contributed by atoms with van der Waals surface area (Å²) in [5.74, 6) is -0.245. The highest BCUT2D eigenvalue weighted by Crippen LogP contribution is 2.33. The van der Waals surface area contributed by atoms with Crippen LogP contribution in [0.3, 0.4) is 0 Å². The number of nitrogens with one attached hydrogen (secondary N) is 2. The van der Waals surface area contributed by atoms with Crippen LogP contribution in [0.5, 0.6) is 0 Å². The van der Waals surface area contributed by atoms with E-state index in [1.165, 1.54) is 11.3 Å². The van der Waals surface area contributed by atoms with Gasteiger partial charge in [0.15, 0.2) is 4.47 Å². The molecule has 1 aromatic heterocycles. The van der Waals surface area contributed by atoms with Gasteiger partial charge in [-0.05, 0) is 24.3 Å². The van der Waals surface area contributed by atoms with Gasteiger partial charge in [-0.15, -0.1) is 11.3 Å². The first-order chi connectivity index (χ1) is 12.0. The zero-order valence-corrected chi connectivity index (χ0v) is 15.8. The molecule has 2 aromatic carbocycles. The number of rotatable bonds is 5.